The Hall–Kier alpha value is -1.91. The molecule has 0 aliphatic carbocycles. The van der Waals surface area contributed by atoms with Gasteiger partial charge in [0, 0.05) is 16.6 Å². The van der Waals surface area contributed by atoms with Crippen LogP contribution >= 0.6 is 11.3 Å². The molecule has 2 aromatic carbocycles. The molecule has 0 amide bonds. The Morgan fingerprint density at radius 3 is 2.57 bits per heavy atom. The zero-order chi connectivity index (χ0) is 16.2. The minimum Gasteiger partial charge on any atom is -0.482 e. The summed E-state index contributed by atoms with van der Waals surface area (Å²) in [4.78, 5) is 1.84. The Morgan fingerprint density at radius 2 is 1.83 bits per heavy atom. The average Bonchev–Trinajstić information content (AvgIpc) is 3.02. The lowest BCUT2D eigenvalue weighted by Gasteiger charge is -2.25. The molecule has 0 aliphatic rings. The third-order valence-electron chi connectivity index (χ3n) is 3.71. The van der Waals surface area contributed by atoms with Gasteiger partial charge in [-0.05, 0) is 43.2 Å². The van der Waals surface area contributed by atoms with Crippen molar-refractivity contribution < 1.29 is 9.13 Å². The zero-order valence-corrected chi connectivity index (χ0v) is 14.1. The van der Waals surface area contributed by atoms with Crippen LogP contribution in [0.1, 0.15) is 11.7 Å². The van der Waals surface area contributed by atoms with Crippen molar-refractivity contribution in [1.82, 2.24) is 4.90 Å². The van der Waals surface area contributed by atoms with E-state index < -0.39 is 12.3 Å². The summed E-state index contributed by atoms with van der Waals surface area (Å²) in [6.07, 6.45) is -1.73. The largest absolute Gasteiger partial charge is 0.482 e. The minimum absolute atomic E-state index is 0.319. The summed E-state index contributed by atoms with van der Waals surface area (Å²) in [6, 6.07) is 17.5. The number of benzene rings is 2. The van der Waals surface area contributed by atoms with E-state index in [1.807, 2.05) is 72.9 Å². The summed E-state index contributed by atoms with van der Waals surface area (Å²) in [5, 5.41) is 3.07. The molecule has 1 heterocycles. The monoisotopic (exact) mass is 329 g/mol. The molecule has 0 fully saturated rings. The molecular formula is C19H20FNOS. The van der Waals surface area contributed by atoms with E-state index in [4.69, 9.17) is 4.74 Å². The van der Waals surface area contributed by atoms with Crippen LogP contribution in [-0.4, -0.2) is 31.7 Å². The van der Waals surface area contributed by atoms with Crippen LogP contribution in [0.4, 0.5) is 4.39 Å². The number of fused-ring (bicyclic) bond motifs is 1. The zero-order valence-electron chi connectivity index (χ0n) is 13.3. The van der Waals surface area contributed by atoms with Gasteiger partial charge in [-0.15, -0.1) is 11.3 Å². The number of halogens is 1. The normalized spacial score (nSPS) is 14.1. The van der Waals surface area contributed by atoms with Gasteiger partial charge in [0.05, 0.1) is 0 Å². The first-order valence-electron chi connectivity index (χ1n) is 7.62. The molecule has 0 aliphatic heterocycles. The number of thiophene rings is 1. The third-order valence-corrected chi connectivity index (χ3v) is 4.59. The fourth-order valence-corrected chi connectivity index (χ4v) is 3.45. The van der Waals surface area contributed by atoms with E-state index >= 15 is 0 Å². The van der Waals surface area contributed by atoms with Gasteiger partial charge in [-0.25, -0.2) is 4.39 Å². The average molecular weight is 329 g/mol. The van der Waals surface area contributed by atoms with Crippen LogP contribution in [0.25, 0.3) is 10.1 Å². The molecule has 23 heavy (non-hydrogen) atoms. The van der Waals surface area contributed by atoms with Gasteiger partial charge in [-0.2, -0.15) is 0 Å². The maximum Gasteiger partial charge on any atom is 0.156 e. The molecule has 2 atom stereocenters. The molecule has 1 aromatic heterocycles. The summed E-state index contributed by atoms with van der Waals surface area (Å²) in [5.74, 6) is 0.735. The minimum atomic E-state index is -1.11. The van der Waals surface area contributed by atoms with E-state index in [0.717, 1.165) is 21.4 Å². The van der Waals surface area contributed by atoms with Crippen molar-refractivity contribution in [2.24, 2.45) is 0 Å². The maximum absolute atomic E-state index is 14.9. The van der Waals surface area contributed by atoms with Gasteiger partial charge in [-0.1, -0.05) is 36.4 Å². The van der Waals surface area contributed by atoms with Gasteiger partial charge in [0.2, 0.25) is 0 Å². The molecule has 0 saturated heterocycles. The highest BCUT2D eigenvalue weighted by molar-refractivity contribution is 7.17. The molecule has 0 unspecified atom stereocenters. The molecule has 0 spiro atoms. The summed E-state index contributed by atoms with van der Waals surface area (Å²) >= 11 is 1.66. The molecule has 3 rings (SSSR count). The van der Waals surface area contributed by atoms with Crippen LogP contribution in [0.5, 0.6) is 5.75 Å². The van der Waals surface area contributed by atoms with E-state index in [9.17, 15) is 4.39 Å². The second-order valence-corrected chi connectivity index (χ2v) is 6.76. The number of hydrogen-bond acceptors (Lipinski definition) is 3. The molecule has 3 aromatic rings. The van der Waals surface area contributed by atoms with E-state index in [0.29, 0.717) is 6.54 Å². The summed E-state index contributed by atoms with van der Waals surface area (Å²) < 4.78 is 22.1. The molecule has 0 bridgehead atoms. The topological polar surface area (TPSA) is 12.5 Å². The molecule has 0 N–H and O–H groups in total. The first-order chi connectivity index (χ1) is 11.1. The van der Waals surface area contributed by atoms with Crippen molar-refractivity contribution in [3.8, 4) is 5.75 Å². The Morgan fingerprint density at radius 1 is 1.04 bits per heavy atom. The lowest BCUT2D eigenvalue weighted by molar-refractivity contribution is 0.0819. The molecular weight excluding hydrogens is 309 g/mol. The smallest absolute Gasteiger partial charge is 0.156 e. The highest BCUT2D eigenvalue weighted by atomic mass is 32.1. The lowest BCUT2D eigenvalue weighted by atomic mass is 10.0. The summed E-state index contributed by atoms with van der Waals surface area (Å²) in [7, 11) is 3.74. The fraction of sp³-hybridized carbons (Fsp3) is 0.263. The van der Waals surface area contributed by atoms with Crippen LogP contribution in [0.3, 0.4) is 0 Å². The van der Waals surface area contributed by atoms with Crippen LogP contribution in [0.2, 0.25) is 0 Å². The van der Waals surface area contributed by atoms with Crippen LogP contribution in [-0.2, 0) is 0 Å². The van der Waals surface area contributed by atoms with E-state index in [-0.39, 0.29) is 0 Å². The Bertz CT molecular complexity index is 756. The van der Waals surface area contributed by atoms with Crippen molar-refractivity contribution in [3.05, 3.63) is 65.5 Å². The Balaban J connectivity index is 1.94. The highest BCUT2D eigenvalue weighted by Crippen LogP contribution is 2.34. The number of hydrogen-bond donors (Lipinski definition) is 0. The molecule has 4 heteroatoms. The molecule has 120 valence electrons. The van der Waals surface area contributed by atoms with E-state index in [1.54, 1.807) is 11.3 Å². The van der Waals surface area contributed by atoms with Crippen LogP contribution in [0, 0.1) is 0 Å². The lowest BCUT2D eigenvalue weighted by Crippen LogP contribution is -2.30. The van der Waals surface area contributed by atoms with Crippen molar-refractivity contribution >= 4 is 21.4 Å². The van der Waals surface area contributed by atoms with Crippen LogP contribution < -0.4 is 4.74 Å². The van der Waals surface area contributed by atoms with Crippen molar-refractivity contribution in [1.29, 1.82) is 0 Å². The SMILES string of the molecule is CN(C)C[C@@H](F)[C@@H](Oc1cccc2sccc12)c1ccccc1. The second-order valence-electron chi connectivity index (χ2n) is 5.82. The standard InChI is InChI=1S/C19H20FNOS/c1-21(2)13-16(20)19(14-7-4-3-5-8-14)22-17-9-6-10-18-15(17)11-12-23-18/h3-12,16,19H,13H2,1-2H3/t16-,19+/m1/s1. The predicted octanol–water partition coefficient (Wildman–Crippen LogP) is 4.92. The van der Waals surface area contributed by atoms with Gasteiger partial charge in [0.25, 0.3) is 0 Å². The van der Waals surface area contributed by atoms with Crippen LogP contribution in [0.15, 0.2) is 60.0 Å². The molecule has 2 nitrogen and oxygen atoms in total. The second kappa shape index (κ2) is 7.11. The number of ether oxygens (including phenoxy) is 1. The first kappa shape index (κ1) is 16.0. The van der Waals surface area contributed by atoms with Gasteiger partial charge in [0.1, 0.15) is 5.75 Å². The Labute approximate surface area is 140 Å². The number of nitrogens with zero attached hydrogens (tertiary/aromatic N) is 1. The van der Waals surface area contributed by atoms with Gasteiger partial charge < -0.3 is 9.64 Å². The van der Waals surface area contributed by atoms with Gasteiger partial charge in [-0.3, -0.25) is 0 Å². The van der Waals surface area contributed by atoms with Crippen molar-refractivity contribution in [2.75, 3.05) is 20.6 Å². The van der Waals surface area contributed by atoms with E-state index in [2.05, 4.69) is 6.07 Å². The number of alkyl halides is 1. The number of rotatable bonds is 6. The van der Waals surface area contributed by atoms with Gasteiger partial charge in [0.15, 0.2) is 12.3 Å². The molecule has 0 saturated carbocycles. The fourth-order valence-electron chi connectivity index (χ4n) is 2.64. The Kier molecular flexibility index (Phi) is 4.94. The predicted molar refractivity (Wildman–Crippen MR) is 95.1 cm³/mol. The van der Waals surface area contributed by atoms with Crippen molar-refractivity contribution in [2.45, 2.75) is 12.3 Å². The third kappa shape index (κ3) is 3.71. The van der Waals surface area contributed by atoms with E-state index in [1.165, 1.54) is 0 Å². The van der Waals surface area contributed by atoms with Crippen molar-refractivity contribution in [3.63, 3.8) is 0 Å². The quantitative estimate of drug-likeness (QED) is 0.636. The maximum atomic E-state index is 14.9. The summed E-state index contributed by atoms with van der Waals surface area (Å²) in [6.45, 7) is 0.319. The molecule has 0 radical (unpaired) electrons. The highest BCUT2D eigenvalue weighted by Gasteiger charge is 2.26. The van der Waals surface area contributed by atoms with Gasteiger partial charge >= 0.3 is 0 Å². The summed E-state index contributed by atoms with van der Waals surface area (Å²) in [5.41, 5.74) is 0.856. The first-order valence-corrected chi connectivity index (χ1v) is 8.50.